The fourth-order valence-corrected chi connectivity index (χ4v) is 6.45. The number of hydrogen-bond donors (Lipinski definition) is 1. The van der Waals surface area contributed by atoms with E-state index >= 15 is 0 Å². The molecule has 8 nitrogen and oxygen atoms in total. The van der Waals surface area contributed by atoms with Gasteiger partial charge in [0.2, 0.25) is 0 Å². The monoisotopic (exact) mass is 584 g/mol. The van der Waals surface area contributed by atoms with E-state index in [1.165, 1.54) is 16.2 Å². The lowest BCUT2D eigenvalue weighted by atomic mass is 9.94. The van der Waals surface area contributed by atoms with E-state index in [0.29, 0.717) is 52.9 Å². The highest BCUT2D eigenvalue weighted by Crippen LogP contribution is 2.45. The highest BCUT2D eigenvalue weighted by atomic mass is 32.1. The summed E-state index contributed by atoms with van der Waals surface area (Å²) in [7, 11) is 0. The Morgan fingerprint density at radius 1 is 1.07 bits per heavy atom. The lowest BCUT2D eigenvalue weighted by Gasteiger charge is -2.23. The van der Waals surface area contributed by atoms with Crippen LogP contribution in [-0.4, -0.2) is 41.1 Å². The average Bonchev–Trinajstić information content (AvgIpc) is 3.65. The number of aliphatic hydroxyl groups is 1. The summed E-state index contributed by atoms with van der Waals surface area (Å²) in [6, 6.07) is 17.3. The van der Waals surface area contributed by atoms with E-state index in [1.54, 1.807) is 12.1 Å². The predicted octanol–water partition coefficient (Wildman–Crippen LogP) is 6.82. The number of unbranched alkanes of at least 4 members (excludes halogenated alkanes) is 1. The van der Waals surface area contributed by atoms with Crippen LogP contribution in [-0.2, 0) is 16.0 Å². The highest BCUT2D eigenvalue weighted by Gasteiger charge is 2.48. The standard InChI is InChI=1S/C33H32N2O6S/c1-4-6-14-40-23-9-7-8-20(17-23)29-28(30(36)21-10-13-26-22(16-21)15-19(3)41-26)31(37)32(38)35(29)33-34-25-12-11-24(39-5-2)18-27(25)42-33/h7-13,16-19,29,36H,4-6,14-15H2,1-3H3/t19-,29-/m0/s1. The predicted molar refractivity (Wildman–Crippen MR) is 163 cm³/mol. The van der Waals surface area contributed by atoms with Gasteiger partial charge >= 0.3 is 5.91 Å². The molecule has 6 rings (SSSR count). The number of amides is 1. The van der Waals surface area contributed by atoms with Crippen LogP contribution in [0.3, 0.4) is 0 Å². The van der Waals surface area contributed by atoms with Gasteiger partial charge in [-0.15, -0.1) is 0 Å². The summed E-state index contributed by atoms with van der Waals surface area (Å²) in [4.78, 5) is 33.6. The van der Waals surface area contributed by atoms with Crippen LogP contribution in [0.1, 0.15) is 56.3 Å². The van der Waals surface area contributed by atoms with Gasteiger partial charge in [-0.1, -0.05) is 36.8 Å². The topological polar surface area (TPSA) is 98.2 Å². The fraction of sp³-hybridized carbons (Fsp3) is 0.303. The molecule has 2 atom stereocenters. The van der Waals surface area contributed by atoms with Gasteiger partial charge in [0, 0.05) is 12.0 Å². The number of anilines is 1. The lowest BCUT2D eigenvalue weighted by Crippen LogP contribution is -2.29. The number of thiazole rings is 1. The molecule has 216 valence electrons. The lowest BCUT2D eigenvalue weighted by molar-refractivity contribution is -0.132. The Morgan fingerprint density at radius 2 is 1.90 bits per heavy atom. The first kappa shape index (κ1) is 27.8. The number of carbonyl (C=O) groups is 2. The van der Waals surface area contributed by atoms with Crippen LogP contribution in [0, 0.1) is 0 Å². The largest absolute Gasteiger partial charge is 0.507 e. The van der Waals surface area contributed by atoms with Crippen molar-refractivity contribution in [3.05, 3.63) is 82.9 Å². The molecule has 3 aromatic carbocycles. The van der Waals surface area contributed by atoms with Crippen LogP contribution in [0.5, 0.6) is 17.2 Å². The Hall–Kier alpha value is -4.37. The van der Waals surface area contributed by atoms with Crippen LogP contribution in [0.15, 0.2) is 66.2 Å². The molecule has 9 heteroatoms. The molecule has 1 amide bonds. The van der Waals surface area contributed by atoms with Crippen molar-refractivity contribution in [3.63, 3.8) is 0 Å². The average molecular weight is 585 g/mol. The second kappa shape index (κ2) is 11.5. The minimum atomic E-state index is -0.907. The number of rotatable bonds is 9. The number of fused-ring (bicyclic) bond motifs is 2. The summed E-state index contributed by atoms with van der Waals surface area (Å²) < 4.78 is 18.2. The van der Waals surface area contributed by atoms with E-state index in [9.17, 15) is 14.7 Å². The Labute approximate surface area is 248 Å². The van der Waals surface area contributed by atoms with Crippen LogP contribution < -0.4 is 19.1 Å². The molecule has 1 fully saturated rings. The van der Waals surface area contributed by atoms with E-state index in [2.05, 4.69) is 6.92 Å². The summed E-state index contributed by atoms with van der Waals surface area (Å²) in [6.07, 6.45) is 2.62. The van der Waals surface area contributed by atoms with Crippen molar-refractivity contribution in [2.24, 2.45) is 0 Å². The van der Waals surface area contributed by atoms with Crippen molar-refractivity contribution >= 4 is 44.1 Å². The van der Waals surface area contributed by atoms with Crippen LogP contribution in [0.4, 0.5) is 5.13 Å². The minimum Gasteiger partial charge on any atom is -0.507 e. The van der Waals surface area contributed by atoms with Crippen molar-refractivity contribution in [1.29, 1.82) is 0 Å². The number of nitrogens with zero attached hydrogens (tertiary/aromatic N) is 2. The number of aliphatic hydroxyl groups excluding tert-OH is 1. The third kappa shape index (κ3) is 5.09. The Balaban J connectivity index is 1.48. The molecule has 1 aromatic heterocycles. The number of hydrogen-bond acceptors (Lipinski definition) is 8. The van der Waals surface area contributed by atoms with Gasteiger partial charge in [-0.05, 0) is 79.9 Å². The van der Waals surface area contributed by atoms with Crippen molar-refractivity contribution in [2.75, 3.05) is 18.1 Å². The molecule has 0 aliphatic carbocycles. The number of aromatic nitrogens is 1. The first-order chi connectivity index (χ1) is 20.4. The molecule has 0 bridgehead atoms. The number of ketones is 1. The molecule has 1 saturated heterocycles. The van der Waals surface area contributed by atoms with Gasteiger partial charge in [0.15, 0.2) is 5.13 Å². The number of Topliss-reactive ketones (excluding diaryl/α,β-unsaturated/α-hetero) is 1. The van der Waals surface area contributed by atoms with Gasteiger partial charge in [-0.3, -0.25) is 14.5 Å². The van der Waals surface area contributed by atoms with Gasteiger partial charge in [0.05, 0.1) is 35.0 Å². The normalized spacial score (nSPS) is 19.3. The summed E-state index contributed by atoms with van der Waals surface area (Å²) in [6.45, 7) is 7.06. The third-order valence-corrected chi connectivity index (χ3v) is 8.44. The molecule has 2 aliphatic rings. The third-order valence-electron chi connectivity index (χ3n) is 7.42. The molecule has 0 radical (unpaired) electrons. The Kier molecular flexibility index (Phi) is 7.60. The van der Waals surface area contributed by atoms with Crippen LogP contribution in [0.25, 0.3) is 16.0 Å². The van der Waals surface area contributed by atoms with E-state index in [-0.39, 0.29) is 17.4 Å². The van der Waals surface area contributed by atoms with Gasteiger partial charge in [-0.25, -0.2) is 4.98 Å². The molecule has 1 N–H and O–H groups in total. The maximum atomic E-state index is 13.7. The van der Waals surface area contributed by atoms with E-state index in [1.807, 2.05) is 62.4 Å². The van der Waals surface area contributed by atoms with Gasteiger partial charge in [-0.2, -0.15) is 0 Å². The van der Waals surface area contributed by atoms with Gasteiger partial charge in [0.1, 0.15) is 29.1 Å². The molecule has 0 spiro atoms. The second-order valence-corrected chi connectivity index (χ2v) is 11.5. The molecule has 4 aromatic rings. The van der Waals surface area contributed by atoms with Crippen molar-refractivity contribution in [3.8, 4) is 17.2 Å². The summed E-state index contributed by atoms with van der Waals surface area (Å²) in [5.74, 6) is 0.330. The van der Waals surface area contributed by atoms with Crippen molar-refractivity contribution < 1.29 is 28.9 Å². The van der Waals surface area contributed by atoms with E-state index < -0.39 is 17.7 Å². The Bertz CT molecular complexity index is 1710. The Morgan fingerprint density at radius 3 is 2.71 bits per heavy atom. The molecule has 42 heavy (non-hydrogen) atoms. The van der Waals surface area contributed by atoms with Crippen molar-refractivity contribution in [2.45, 2.75) is 52.2 Å². The molecular formula is C33H32N2O6S. The maximum Gasteiger partial charge on any atom is 0.301 e. The first-order valence-corrected chi connectivity index (χ1v) is 15.1. The second-order valence-electron chi connectivity index (χ2n) is 10.5. The zero-order valence-electron chi connectivity index (χ0n) is 23.8. The molecule has 3 heterocycles. The zero-order valence-corrected chi connectivity index (χ0v) is 24.6. The molecule has 2 aliphatic heterocycles. The SMILES string of the molecule is CCCCOc1cccc([C@H]2C(=C(O)c3ccc4c(c3)C[C@H](C)O4)C(=O)C(=O)N2c2nc3ccc(OCC)cc3s2)c1. The summed E-state index contributed by atoms with van der Waals surface area (Å²) in [5.41, 5.74) is 2.72. The van der Waals surface area contributed by atoms with Crippen LogP contribution in [0.2, 0.25) is 0 Å². The number of ether oxygens (including phenoxy) is 3. The summed E-state index contributed by atoms with van der Waals surface area (Å²) >= 11 is 1.30. The van der Waals surface area contributed by atoms with Crippen LogP contribution >= 0.6 is 11.3 Å². The maximum absolute atomic E-state index is 13.7. The van der Waals surface area contributed by atoms with E-state index in [0.717, 1.165) is 28.9 Å². The molecule has 0 saturated carbocycles. The first-order valence-electron chi connectivity index (χ1n) is 14.2. The zero-order chi connectivity index (χ0) is 29.4. The van der Waals surface area contributed by atoms with Gasteiger partial charge in [0.25, 0.3) is 5.78 Å². The smallest absolute Gasteiger partial charge is 0.301 e. The molecular weight excluding hydrogens is 552 g/mol. The minimum absolute atomic E-state index is 0.00637. The van der Waals surface area contributed by atoms with E-state index in [4.69, 9.17) is 19.2 Å². The van der Waals surface area contributed by atoms with Crippen molar-refractivity contribution in [1.82, 2.24) is 4.98 Å². The van der Waals surface area contributed by atoms with Gasteiger partial charge < -0.3 is 19.3 Å². The highest BCUT2D eigenvalue weighted by molar-refractivity contribution is 7.22. The number of carbonyl (C=O) groups excluding carboxylic acids is 2. The summed E-state index contributed by atoms with van der Waals surface area (Å²) in [5, 5.41) is 12.0. The number of benzene rings is 3. The fourth-order valence-electron chi connectivity index (χ4n) is 5.43. The quantitative estimate of drug-likeness (QED) is 0.0997. The molecule has 0 unspecified atom stereocenters.